The third kappa shape index (κ3) is 16.7. The van der Waals surface area contributed by atoms with Gasteiger partial charge in [0.1, 0.15) is 33.1 Å². The van der Waals surface area contributed by atoms with Crippen molar-refractivity contribution in [3.8, 4) is 11.5 Å². The zero-order valence-corrected chi connectivity index (χ0v) is 52.1. The van der Waals surface area contributed by atoms with Crippen molar-refractivity contribution < 1.29 is 123 Å². The summed E-state index contributed by atoms with van der Waals surface area (Å²) in [7, 11) is -20.4. The van der Waals surface area contributed by atoms with Crippen molar-refractivity contribution in [2.45, 2.75) is 19.6 Å². The SMILES string of the molecule is O=C(O)c1cc(N=Nc2c(S(O)(O)O)cc3cc(S(=O)(=O)O)cc(Nc4nc(NCCO)nc(Nc5ccc(Nc6nc(NCCO)nc(Nc7cc(S(=O)(=O)O)cc8cc(S(O)(O)O)c(N=Nc9cc(C(=O)O)cc(C(=O)O)c9)c(O)c78)n6)c(C(=O)O)c5)n4)c3c2O)cc(C(=O)O)c1. The van der Waals surface area contributed by atoms with Gasteiger partial charge in [0.2, 0.25) is 35.7 Å². The highest BCUT2D eigenvalue weighted by molar-refractivity contribution is 8.19. The van der Waals surface area contributed by atoms with Gasteiger partial charge in [0.25, 0.3) is 20.2 Å². The molecular weight excluding hydrogens is 1400 g/mol. The summed E-state index contributed by atoms with van der Waals surface area (Å²) in [4.78, 5) is 81.5. The Morgan fingerprint density at radius 3 is 1.06 bits per heavy atom. The van der Waals surface area contributed by atoms with Gasteiger partial charge in [-0.3, -0.25) is 9.11 Å². The second-order valence-corrected chi connectivity index (χ2v) is 25.7. The molecule has 0 radical (unpaired) electrons. The topological polar surface area (TPSA) is 697 Å². The molecule has 0 amide bonds. The molecule has 0 unspecified atom stereocenters. The van der Waals surface area contributed by atoms with Crippen LogP contribution in [-0.2, 0) is 20.2 Å². The summed E-state index contributed by atoms with van der Waals surface area (Å²) >= 11 is 0. The van der Waals surface area contributed by atoms with Crippen LogP contribution < -0.4 is 31.9 Å². The minimum absolute atomic E-state index is 0.133. The van der Waals surface area contributed by atoms with E-state index in [-0.39, 0.29) is 30.4 Å². The smallest absolute Gasteiger partial charge is 0.337 e. The molecule has 0 spiro atoms. The first-order valence-electron chi connectivity index (χ1n) is 26.8. The number of carboxylic acids is 5. The summed E-state index contributed by atoms with van der Waals surface area (Å²) in [5, 5.41) is 121. The molecule has 0 fully saturated rings. The molecule has 9 aromatic rings. The number of anilines is 10. The Labute approximate surface area is 553 Å². The largest absolute Gasteiger partial charge is 0.505 e. The highest BCUT2D eigenvalue weighted by Crippen LogP contribution is 2.57. The number of benzene rings is 7. The standard InChI is InChI=1S/C53H46N16O26S4/c70-5-3-54-48-60-50(64-52(62-48)58-33-18-29(96(84,85)86)13-20-15-35(98(90,91)92)39(41(72)37(20)33)68-66-27-9-22(43(74)75)7-23(10-27)44(76)77)56-26-1-2-32(31(17-26)47(82)83)57-51-61-49(55-4-6-71)63-53(65-51)59-34-19-30(97(87,88)89)14-21-16-36(99(93,94)95)40(42(73)38(21)34)69-67-28-11-24(45(78)79)8-25(12-28)46(80)81/h1-2,7-19,70-73,90-95H,3-6H2,(H,74,75)(H,76,77)(H,78,79)(H,80,81)(H,82,83)(H,84,85,86)(H,87,88,89)(H3,54,56,58,60,62,64)(H3,55,57,59,61,63,65). The van der Waals surface area contributed by atoms with Crippen LogP contribution in [0.4, 0.5) is 81.2 Å². The second kappa shape index (κ2) is 28.1. The van der Waals surface area contributed by atoms with E-state index in [1.807, 2.05) is 0 Å². The first kappa shape index (κ1) is 71.5. The lowest BCUT2D eigenvalue weighted by atomic mass is 10.1. The van der Waals surface area contributed by atoms with E-state index in [2.05, 4.69) is 82.3 Å². The number of aromatic nitrogens is 6. The maximum absolute atomic E-state index is 13.0. The van der Waals surface area contributed by atoms with Gasteiger partial charge < -0.3 is 105 Å². The molecular formula is C53H46N16O26S4. The van der Waals surface area contributed by atoms with Crippen molar-refractivity contribution >= 4 is 175 Å². The second-order valence-electron chi connectivity index (χ2n) is 19.9. The van der Waals surface area contributed by atoms with E-state index in [0.29, 0.717) is 30.3 Å². The molecule has 0 aliphatic heterocycles. The van der Waals surface area contributed by atoms with Crippen molar-refractivity contribution in [2.24, 2.45) is 20.5 Å². The highest BCUT2D eigenvalue weighted by Gasteiger charge is 2.31. The molecule has 0 saturated heterocycles. The number of aromatic carboxylic acids is 5. The first-order valence-corrected chi connectivity index (χ1v) is 32.7. The number of carboxylic acid groups (broad SMARTS) is 5. The Morgan fingerprint density at radius 1 is 0.394 bits per heavy atom. The summed E-state index contributed by atoms with van der Waals surface area (Å²) in [6.07, 6.45) is 0. The summed E-state index contributed by atoms with van der Waals surface area (Å²) in [5.74, 6) is -13.3. The van der Waals surface area contributed by atoms with Gasteiger partial charge in [0.05, 0.1) is 89.0 Å². The summed E-state index contributed by atoms with van der Waals surface area (Å²) in [5.41, 5.74) is -7.46. The third-order valence-electron chi connectivity index (χ3n) is 13.1. The van der Waals surface area contributed by atoms with Crippen molar-refractivity contribution in [1.82, 2.24) is 29.9 Å². The fraction of sp³-hybridized carbons (Fsp3) is 0.0755. The average Bonchev–Trinajstić information content (AvgIpc) is 0.753. The van der Waals surface area contributed by atoms with E-state index in [4.69, 9.17) is 0 Å². The number of aliphatic hydroxyl groups is 2. The fourth-order valence-electron chi connectivity index (χ4n) is 8.94. The predicted molar refractivity (Wildman–Crippen MR) is 345 cm³/mol. The molecule has 0 saturated carbocycles. The highest BCUT2D eigenvalue weighted by atomic mass is 32.3. The van der Waals surface area contributed by atoms with E-state index >= 15 is 0 Å². The molecule has 0 atom stereocenters. The number of fused-ring (bicyclic) bond motifs is 2. The lowest BCUT2D eigenvalue weighted by Gasteiger charge is -2.23. The molecule has 518 valence electrons. The molecule has 9 rings (SSSR count). The summed E-state index contributed by atoms with van der Waals surface area (Å²) in [6.45, 7) is -1.57. The van der Waals surface area contributed by atoms with Gasteiger partial charge in [-0.15, -0.1) is 10.2 Å². The minimum atomic E-state index is -5.22. The molecule has 0 aliphatic rings. The van der Waals surface area contributed by atoms with E-state index < -0.39 is 229 Å². The van der Waals surface area contributed by atoms with Crippen LogP contribution in [0.3, 0.4) is 0 Å². The Kier molecular flexibility index (Phi) is 20.3. The average molecular weight is 1450 g/mol. The van der Waals surface area contributed by atoms with Crippen LogP contribution in [0.25, 0.3) is 21.5 Å². The molecule has 0 aliphatic carbocycles. The van der Waals surface area contributed by atoms with Gasteiger partial charge in [-0.05, 0) is 102 Å². The maximum atomic E-state index is 13.0. The normalized spacial score (nSPS) is 12.4. The quantitative estimate of drug-likeness (QED) is 0.0169. The number of azo groups is 2. The number of aliphatic hydroxyl groups excluding tert-OH is 2. The third-order valence-corrected chi connectivity index (χ3v) is 16.6. The monoisotopic (exact) mass is 1450 g/mol. The Morgan fingerprint density at radius 2 is 0.737 bits per heavy atom. The van der Waals surface area contributed by atoms with Crippen molar-refractivity contribution in [2.75, 3.05) is 58.2 Å². The molecule has 99 heavy (non-hydrogen) atoms. The lowest BCUT2D eigenvalue weighted by molar-refractivity contribution is 0.0676. The van der Waals surface area contributed by atoms with Gasteiger partial charge in [0, 0.05) is 29.5 Å². The molecule has 23 N–H and O–H groups in total. The molecule has 46 heteroatoms. The fourth-order valence-corrected chi connectivity index (χ4v) is 11.4. The number of aromatic hydroxyl groups is 2. The van der Waals surface area contributed by atoms with E-state index in [9.17, 15) is 123 Å². The first-order chi connectivity index (χ1) is 46.4. The van der Waals surface area contributed by atoms with Crippen LogP contribution in [0, 0.1) is 0 Å². The maximum Gasteiger partial charge on any atom is 0.337 e. The van der Waals surface area contributed by atoms with Crippen LogP contribution >= 0.6 is 21.7 Å². The van der Waals surface area contributed by atoms with Crippen molar-refractivity contribution in [1.29, 1.82) is 0 Å². The Hall–Kier alpha value is -11.8. The molecule has 2 heterocycles. The van der Waals surface area contributed by atoms with Crippen LogP contribution in [0.5, 0.6) is 11.5 Å². The summed E-state index contributed by atoms with van der Waals surface area (Å²) in [6, 6.07) is 12.6. The molecule has 2 aromatic heterocycles. The van der Waals surface area contributed by atoms with Crippen LogP contribution in [-0.4, -0.2) is 185 Å². The van der Waals surface area contributed by atoms with Gasteiger partial charge in [-0.2, -0.15) is 57.0 Å². The number of phenolic OH excluding ortho intramolecular Hbond substituents is 2. The van der Waals surface area contributed by atoms with E-state index in [1.165, 1.54) is 6.07 Å². The van der Waals surface area contributed by atoms with Crippen LogP contribution in [0.15, 0.2) is 131 Å². The number of nitrogens with one attached hydrogen (secondary N) is 6. The van der Waals surface area contributed by atoms with E-state index in [0.717, 1.165) is 54.6 Å². The zero-order chi connectivity index (χ0) is 72.4. The van der Waals surface area contributed by atoms with Gasteiger partial charge >= 0.3 is 29.8 Å². The molecule has 42 nitrogen and oxygen atoms in total. The van der Waals surface area contributed by atoms with E-state index in [1.54, 1.807) is 0 Å². The summed E-state index contributed by atoms with van der Waals surface area (Å²) < 4.78 is 134. The van der Waals surface area contributed by atoms with Crippen LogP contribution in [0.2, 0.25) is 0 Å². The number of carbonyl (C=O) groups is 5. The number of hydrogen-bond acceptors (Lipinski definition) is 35. The number of rotatable bonds is 27. The van der Waals surface area contributed by atoms with Crippen LogP contribution in [0.1, 0.15) is 51.8 Å². The van der Waals surface area contributed by atoms with Gasteiger partial charge in [-0.1, -0.05) is 0 Å². The van der Waals surface area contributed by atoms with Gasteiger partial charge in [0.15, 0.2) is 11.5 Å². The van der Waals surface area contributed by atoms with Gasteiger partial charge in [-0.25, -0.2) is 24.0 Å². The zero-order valence-electron chi connectivity index (χ0n) is 48.9. The Bertz CT molecular complexity index is 5090. The predicted octanol–water partition coefficient (Wildman–Crippen LogP) is 8.54. The number of hydrogen-bond donors (Lipinski definition) is 23. The van der Waals surface area contributed by atoms with Crippen molar-refractivity contribution in [3.05, 3.63) is 119 Å². The van der Waals surface area contributed by atoms with Crippen molar-refractivity contribution in [3.63, 3.8) is 0 Å². The lowest BCUT2D eigenvalue weighted by Crippen LogP contribution is -2.13. The number of nitrogens with zero attached hydrogens (tertiary/aromatic N) is 10. The minimum Gasteiger partial charge on any atom is -0.505 e. The molecule has 0 bridgehead atoms. The number of phenols is 2. The molecule has 7 aromatic carbocycles. The Balaban J connectivity index is 1.10.